The van der Waals surface area contributed by atoms with Gasteiger partial charge in [0.25, 0.3) is 5.91 Å². The molecule has 1 amide bonds. The van der Waals surface area contributed by atoms with Crippen molar-refractivity contribution in [2.24, 2.45) is 11.8 Å². The summed E-state index contributed by atoms with van der Waals surface area (Å²) in [5.74, 6) is -0.605. The van der Waals surface area contributed by atoms with E-state index < -0.39 is 35.2 Å². The number of carbonyl (C=O) groups is 2. The Kier molecular flexibility index (Phi) is 7.99. The molecular formula is C18H25BrN2O6S. The third kappa shape index (κ3) is 6.26. The second-order valence-electron chi connectivity index (χ2n) is 7.16. The number of aliphatic hydroxyl groups excluding tert-OH is 1. The molecule has 156 valence electrons. The van der Waals surface area contributed by atoms with Crippen LogP contribution >= 0.6 is 15.9 Å². The van der Waals surface area contributed by atoms with E-state index in [2.05, 4.69) is 34.5 Å². The first kappa shape index (κ1) is 22.8. The monoisotopic (exact) mass is 476 g/mol. The van der Waals surface area contributed by atoms with Crippen molar-refractivity contribution < 1.29 is 27.9 Å². The molecule has 8 nitrogen and oxygen atoms in total. The van der Waals surface area contributed by atoms with Crippen LogP contribution in [0.25, 0.3) is 0 Å². The lowest BCUT2D eigenvalue weighted by Crippen LogP contribution is -2.47. The average molecular weight is 477 g/mol. The summed E-state index contributed by atoms with van der Waals surface area (Å²) in [5, 5.41) is 9.40. The summed E-state index contributed by atoms with van der Waals surface area (Å²) in [7, 11) is -4.03. The maximum Gasteiger partial charge on any atom is 0.327 e. The number of piperidine rings is 1. The predicted octanol–water partition coefficient (Wildman–Crippen LogP) is 1.14. The lowest BCUT2D eigenvalue weighted by atomic mass is 9.92. The number of benzene rings is 1. The highest BCUT2D eigenvalue weighted by molar-refractivity contribution is 9.10. The minimum atomic E-state index is -4.03. The Morgan fingerprint density at radius 1 is 1.25 bits per heavy atom. The van der Waals surface area contributed by atoms with Crippen molar-refractivity contribution in [1.82, 2.24) is 9.62 Å². The third-order valence-electron chi connectivity index (χ3n) is 4.45. The number of nitrogens with zero attached hydrogens (tertiary/aromatic N) is 1. The second-order valence-corrected chi connectivity index (χ2v) is 9.79. The molecule has 0 saturated carbocycles. The van der Waals surface area contributed by atoms with Gasteiger partial charge in [-0.15, -0.1) is 0 Å². The van der Waals surface area contributed by atoms with E-state index in [1.165, 1.54) is 12.1 Å². The molecule has 2 rings (SSSR count). The first-order valence-corrected chi connectivity index (χ1v) is 11.2. The summed E-state index contributed by atoms with van der Waals surface area (Å²) in [6.07, 6.45) is 1.04. The van der Waals surface area contributed by atoms with Gasteiger partial charge in [0.1, 0.15) is 6.04 Å². The molecule has 0 bridgehead atoms. The van der Waals surface area contributed by atoms with Crippen molar-refractivity contribution in [1.29, 1.82) is 0 Å². The van der Waals surface area contributed by atoms with Gasteiger partial charge < -0.3 is 14.7 Å². The Morgan fingerprint density at radius 2 is 1.82 bits per heavy atom. The lowest BCUT2D eigenvalue weighted by molar-refractivity contribution is -0.155. The summed E-state index contributed by atoms with van der Waals surface area (Å²) in [4.78, 5) is 26.0. The topological polar surface area (TPSA) is 113 Å². The van der Waals surface area contributed by atoms with Crippen molar-refractivity contribution in [2.75, 3.05) is 26.3 Å². The number of amides is 1. The Bertz CT molecular complexity index is 789. The normalized spacial score (nSPS) is 21.2. The highest BCUT2D eigenvalue weighted by Crippen LogP contribution is 2.21. The van der Waals surface area contributed by atoms with E-state index in [0.29, 0.717) is 29.4 Å². The zero-order valence-electron chi connectivity index (χ0n) is 15.8. The van der Waals surface area contributed by atoms with Crippen molar-refractivity contribution in [2.45, 2.75) is 31.2 Å². The fourth-order valence-electron chi connectivity index (χ4n) is 3.22. The van der Waals surface area contributed by atoms with E-state index in [4.69, 9.17) is 4.74 Å². The molecule has 1 saturated heterocycles. The highest BCUT2D eigenvalue weighted by atomic mass is 79.9. The molecule has 3 atom stereocenters. The number of sulfonamides is 1. The molecule has 28 heavy (non-hydrogen) atoms. The highest BCUT2D eigenvalue weighted by Gasteiger charge is 2.29. The zero-order chi connectivity index (χ0) is 20.9. The Balaban J connectivity index is 1.94. The quantitative estimate of drug-likeness (QED) is 0.570. The number of aliphatic hydroxyl groups is 1. The molecule has 0 aliphatic carbocycles. The molecule has 1 heterocycles. The van der Waals surface area contributed by atoms with E-state index in [0.717, 1.165) is 6.42 Å². The summed E-state index contributed by atoms with van der Waals surface area (Å²) in [6, 6.07) is 4.30. The van der Waals surface area contributed by atoms with E-state index in [1.54, 1.807) is 17.0 Å². The fourth-order valence-corrected chi connectivity index (χ4v) is 4.66. The minimum absolute atomic E-state index is 0.0608. The van der Waals surface area contributed by atoms with Crippen molar-refractivity contribution in [3.63, 3.8) is 0 Å². The summed E-state index contributed by atoms with van der Waals surface area (Å²) in [6.45, 7) is 4.03. The van der Waals surface area contributed by atoms with Gasteiger partial charge in [-0.2, -0.15) is 4.72 Å². The van der Waals surface area contributed by atoms with Crippen LogP contribution in [0, 0.1) is 11.8 Å². The lowest BCUT2D eigenvalue weighted by Gasteiger charge is -2.34. The van der Waals surface area contributed by atoms with Gasteiger partial charge in [0.2, 0.25) is 10.0 Å². The average Bonchev–Trinajstić information content (AvgIpc) is 2.63. The van der Waals surface area contributed by atoms with Crippen LogP contribution < -0.4 is 4.72 Å². The summed E-state index contributed by atoms with van der Waals surface area (Å²) < 4.78 is 32.5. The van der Waals surface area contributed by atoms with Crippen LogP contribution in [0.4, 0.5) is 0 Å². The molecule has 0 spiro atoms. The van der Waals surface area contributed by atoms with Crippen LogP contribution in [-0.2, 0) is 24.3 Å². The van der Waals surface area contributed by atoms with Crippen LogP contribution in [0.3, 0.4) is 0 Å². The number of carbonyl (C=O) groups excluding carboxylic acids is 2. The molecule has 1 fully saturated rings. The van der Waals surface area contributed by atoms with Gasteiger partial charge in [0.15, 0.2) is 6.61 Å². The summed E-state index contributed by atoms with van der Waals surface area (Å²) in [5.41, 5.74) is 0. The largest absolute Gasteiger partial charge is 0.454 e. The Labute approximate surface area is 173 Å². The van der Waals surface area contributed by atoms with E-state index in [1.807, 2.05) is 0 Å². The molecule has 3 unspecified atom stereocenters. The van der Waals surface area contributed by atoms with E-state index >= 15 is 0 Å². The SMILES string of the molecule is CC1CC(C)CN(C(=O)COC(=O)C(CO)NS(=O)(=O)c2ccc(Br)cc2)C1. The van der Waals surface area contributed by atoms with Crippen molar-refractivity contribution >= 4 is 37.8 Å². The first-order valence-electron chi connectivity index (χ1n) is 8.95. The summed E-state index contributed by atoms with van der Waals surface area (Å²) >= 11 is 3.21. The van der Waals surface area contributed by atoms with Gasteiger partial charge in [0, 0.05) is 17.6 Å². The van der Waals surface area contributed by atoms with E-state index in [9.17, 15) is 23.1 Å². The second kappa shape index (κ2) is 9.82. The van der Waals surface area contributed by atoms with Gasteiger partial charge >= 0.3 is 5.97 Å². The number of halogens is 1. The fraction of sp³-hybridized carbons (Fsp3) is 0.556. The molecule has 0 aromatic heterocycles. The standard InChI is InChI=1S/C18H25BrN2O6S/c1-12-7-13(2)9-21(8-12)17(23)11-27-18(24)16(10-22)20-28(25,26)15-5-3-14(19)4-6-15/h3-6,12-13,16,20,22H,7-11H2,1-2H3. The first-order chi connectivity index (χ1) is 13.1. The maximum absolute atomic E-state index is 12.4. The molecule has 1 aliphatic rings. The van der Waals surface area contributed by atoms with Crippen molar-refractivity contribution in [3.05, 3.63) is 28.7 Å². The van der Waals surface area contributed by atoms with Crippen LogP contribution in [0.1, 0.15) is 20.3 Å². The van der Waals surface area contributed by atoms with Gasteiger partial charge in [-0.05, 0) is 42.5 Å². The van der Waals surface area contributed by atoms with E-state index in [-0.39, 0.29) is 10.8 Å². The smallest absolute Gasteiger partial charge is 0.327 e. The number of esters is 1. The zero-order valence-corrected chi connectivity index (χ0v) is 18.2. The van der Waals surface area contributed by atoms with Gasteiger partial charge in [-0.1, -0.05) is 29.8 Å². The van der Waals surface area contributed by atoms with Crippen LogP contribution in [0.15, 0.2) is 33.6 Å². The van der Waals surface area contributed by atoms with Crippen LogP contribution in [0.5, 0.6) is 0 Å². The molecule has 10 heteroatoms. The maximum atomic E-state index is 12.4. The molecular weight excluding hydrogens is 452 g/mol. The Hall–Kier alpha value is -1.49. The number of ether oxygens (including phenoxy) is 1. The van der Waals surface area contributed by atoms with Crippen LogP contribution in [0.2, 0.25) is 0 Å². The van der Waals surface area contributed by atoms with Gasteiger partial charge in [-0.3, -0.25) is 9.59 Å². The van der Waals surface area contributed by atoms with Crippen molar-refractivity contribution in [3.8, 4) is 0 Å². The molecule has 1 aromatic carbocycles. The minimum Gasteiger partial charge on any atom is -0.454 e. The third-order valence-corrected chi connectivity index (χ3v) is 6.46. The van der Waals surface area contributed by atoms with Gasteiger partial charge in [0.05, 0.1) is 11.5 Å². The number of nitrogens with one attached hydrogen (secondary N) is 1. The predicted molar refractivity (Wildman–Crippen MR) is 106 cm³/mol. The molecule has 2 N–H and O–H groups in total. The van der Waals surface area contributed by atoms with Crippen LogP contribution in [-0.4, -0.2) is 62.6 Å². The van der Waals surface area contributed by atoms with Gasteiger partial charge in [-0.25, -0.2) is 8.42 Å². The molecule has 1 aromatic rings. The number of hydrogen-bond acceptors (Lipinski definition) is 6. The number of rotatable bonds is 7. The number of likely N-dealkylation sites (tertiary alicyclic amines) is 1. The number of hydrogen-bond donors (Lipinski definition) is 2. The molecule has 0 radical (unpaired) electrons. The molecule has 1 aliphatic heterocycles. The Morgan fingerprint density at radius 3 is 2.36 bits per heavy atom.